The molecule has 1 aliphatic carbocycles. The van der Waals surface area contributed by atoms with Crippen LogP contribution in [0.4, 0.5) is 4.39 Å². The molecule has 1 saturated heterocycles. The van der Waals surface area contributed by atoms with E-state index < -0.39 is 10.0 Å². The van der Waals surface area contributed by atoms with E-state index in [4.69, 9.17) is 0 Å². The van der Waals surface area contributed by atoms with Gasteiger partial charge in [-0.25, -0.2) is 17.5 Å². The highest BCUT2D eigenvalue weighted by molar-refractivity contribution is 7.88. The van der Waals surface area contributed by atoms with E-state index in [1.54, 1.807) is 17.0 Å². The molecule has 1 amide bonds. The molecule has 2 aliphatic rings. The summed E-state index contributed by atoms with van der Waals surface area (Å²) in [4.78, 5) is 14.7. The summed E-state index contributed by atoms with van der Waals surface area (Å²) in [6.45, 7) is 2.94. The van der Waals surface area contributed by atoms with Crippen LogP contribution < -0.4 is 4.72 Å². The van der Waals surface area contributed by atoms with Gasteiger partial charge < -0.3 is 4.90 Å². The lowest BCUT2D eigenvalue weighted by Crippen LogP contribution is -2.38. The fourth-order valence-electron chi connectivity index (χ4n) is 4.31. The SMILES string of the molecule is Cc1ccc([C@@H]2C[C@H]2C(=O)N2CC[C@@H](NS(C)(=O)=O)C2)c(-c2ccccc2F)c1. The minimum atomic E-state index is -3.28. The smallest absolute Gasteiger partial charge is 0.226 e. The van der Waals surface area contributed by atoms with Gasteiger partial charge in [0, 0.05) is 30.6 Å². The van der Waals surface area contributed by atoms with E-state index in [-0.39, 0.29) is 29.6 Å². The van der Waals surface area contributed by atoms with Crippen LogP contribution in [-0.2, 0) is 14.8 Å². The van der Waals surface area contributed by atoms with Crippen LogP contribution in [0.3, 0.4) is 0 Å². The number of hydrogen-bond acceptors (Lipinski definition) is 3. The maximum absolute atomic E-state index is 14.4. The predicted molar refractivity (Wildman–Crippen MR) is 110 cm³/mol. The summed E-state index contributed by atoms with van der Waals surface area (Å²) in [7, 11) is -3.28. The topological polar surface area (TPSA) is 66.5 Å². The molecule has 4 rings (SSSR count). The van der Waals surface area contributed by atoms with Gasteiger partial charge in [-0.1, -0.05) is 42.0 Å². The fraction of sp³-hybridized carbons (Fsp3) is 0.409. The number of carbonyl (C=O) groups excluding carboxylic acids is 1. The largest absolute Gasteiger partial charge is 0.341 e. The molecule has 3 atom stereocenters. The van der Waals surface area contributed by atoms with Gasteiger partial charge in [0.25, 0.3) is 0 Å². The zero-order valence-corrected chi connectivity index (χ0v) is 17.4. The van der Waals surface area contributed by atoms with Gasteiger partial charge in [-0.15, -0.1) is 0 Å². The van der Waals surface area contributed by atoms with Crippen LogP contribution in [-0.4, -0.2) is 44.6 Å². The zero-order chi connectivity index (χ0) is 20.8. The Labute approximate surface area is 171 Å². The lowest BCUT2D eigenvalue weighted by molar-refractivity contribution is -0.131. The third-order valence-electron chi connectivity index (χ3n) is 5.76. The second-order valence-corrected chi connectivity index (χ2v) is 9.96. The number of sulfonamides is 1. The molecule has 2 aromatic carbocycles. The molecule has 1 aliphatic heterocycles. The van der Waals surface area contributed by atoms with Gasteiger partial charge in [0.15, 0.2) is 0 Å². The average molecular weight is 417 g/mol. The van der Waals surface area contributed by atoms with Crippen LogP contribution in [0.1, 0.15) is 29.9 Å². The van der Waals surface area contributed by atoms with Crippen molar-refractivity contribution in [3.63, 3.8) is 0 Å². The van der Waals surface area contributed by atoms with Crippen molar-refractivity contribution in [2.75, 3.05) is 19.3 Å². The summed E-state index contributed by atoms with van der Waals surface area (Å²) in [6, 6.07) is 12.5. The second-order valence-electron chi connectivity index (χ2n) is 8.18. The third kappa shape index (κ3) is 4.36. The van der Waals surface area contributed by atoms with Gasteiger partial charge in [-0.3, -0.25) is 4.79 Å². The summed E-state index contributed by atoms with van der Waals surface area (Å²) in [5, 5.41) is 0. The van der Waals surface area contributed by atoms with Crippen molar-refractivity contribution < 1.29 is 17.6 Å². The Kier molecular flexibility index (Phi) is 5.21. The fourth-order valence-corrected chi connectivity index (χ4v) is 5.11. The minimum absolute atomic E-state index is 0.0628. The van der Waals surface area contributed by atoms with E-state index in [2.05, 4.69) is 4.72 Å². The van der Waals surface area contributed by atoms with E-state index in [1.165, 1.54) is 6.07 Å². The molecule has 1 heterocycles. The van der Waals surface area contributed by atoms with Crippen molar-refractivity contribution in [1.29, 1.82) is 0 Å². The second kappa shape index (κ2) is 7.54. The van der Waals surface area contributed by atoms with E-state index in [0.29, 0.717) is 25.1 Å². The Morgan fingerprint density at radius 3 is 2.66 bits per heavy atom. The van der Waals surface area contributed by atoms with Gasteiger partial charge in [0.05, 0.1) is 6.26 Å². The number of hydrogen-bond donors (Lipinski definition) is 1. The molecule has 1 saturated carbocycles. The van der Waals surface area contributed by atoms with Crippen LogP contribution in [0.15, 0.2) is 42.5 Å². The summed E-state index contributed by atoms with van der Waals surface area (Å²) in [5.74, 6) is -0.259. The van der Waals surface area contributed by atoms with Gasteiger partial charge in [-0.05, 0) is 42.9 Å². The van der Waals surface area contributed by atoms with Crippen molar-refractivity contribution in [3.05, 3.63) is 59.4 Å². The van der Waals surface area contributed by atoms with Gasteiger partial charge in [0.2, 0.25) is 15.9 Å². The molecular weight excluding hydrogens is 391 g/mol. The maximum Gasteiger partial charge on any atom is 0.226 e. The first-order valence-corrected chi connectivity index (χ1v) is 11.7. The van der Waals surface area contributed by atoms with Crippen molar-refractivity contribution in [1.82, 2.24) is 9.62 Å². The Balaban J connectivity index is 1.51. The van der Waals surface area contributed by atoms with E-state index in [9.17, 15) is 17.6 Å². The van der Waals surface area contributed by atoms with Gasteiger partial charge in [-0.2, -0.15) is 0 Å². The summed E-state index contributed by atoms with van der Waals surface area (Å²) >= 11 is 0. The lowest BCUT2D eigenvalue weighted by Gasteiger charge is -2.17. The first-order chi connectivity index (χ1) is 13.7. The van der Waals surface area contributed by atoms with Crippen LogP contribution in [0, 0.1) is 18.7 Å². The summed E-state index contributed by atoms with van der Waals surface area (Å²) in [5.41, 5.74) is 3.46. The molecule has 1 N–H and O–H groups in total. The summed E-state index contributed by atoms with van der Waals surface area (Å²) in [6.07, 6.45) is 2.50. The van der Waals surface area contributed by atoms with Crippen molar-refractivity contribution >= 4 is 15.9 Å². The molecular formula is C22H25FN2O3S. The molecule has 5 nitrogen and oxygen atoms in total. The number of aryl methyl sites for hydroxylation is 1. The van der Waals surface area contributed by atoms with Gasteiger partial charge in [0.1, 0.15) is 5.82 Å². The molecule has 0 radical (unpaired) electrons. The molecule has 7 heteroatoms. The molecule has 2 fully saturated rings. The number of halogens is 1. The lowest BCUT2D eigenvalue weighted by atomic mass is 9.93. The van der Waals surface area contributed by atoms with E-state index in [1.807, 2.05) is 31.2 Å². The quantitative estimate of drug-likeness (QED) is 0.815. The third-order valence-corrected chi connectivity index (χ3v) is 6.52. The normalized spacial score (nSPS) is 24.0. The molecule has 0 bridgehead atoms. The van der Waals surface area contributed by atoms with Crippen molar-refractivity contribution in [2.24, 2.45) is 5.92 Å². The van der Waals surface area contributed by atoms with Crippen LogP contribution in [0.25, 0.3) is 11.1 Å². The molecule has 0 spiro atoms. The number of amides is 1. The number of nitrogens with zero attached hydrogens (tertiary/aromatic N) is 1. The van der Waals surface area contributed by atoms with Crippen molar-refractivity contribution in [3.8, 4) is 11.1 Å². The van der Waals surface area contributed by atoms with Crippen LogP contribution in [0.2, 0.25) is 0 Å². The van der Waals surface area contributed by atoms with Crippen molar-refractivity contribution in [2.45, 2.75) is 31.7 Å². The number of carbonyl (C=O) groups is 1. The van der Waals surface area contributed by atoms with Crippen LogP contribution in [0.5, 0.6) is 0 Å². The molecule has 154 valence electrons. The Hall–Kier alpha value is -2.25. The average Bonchev–Trinajstić information content (AvgIpc) is 3.31. The van der Waals surface area contributed by atoms with E-state index in [0.717, 1.165) is 29.4 Å². The molecule has 0 unspecified atom stereocenters. The molecule has 0 aromatic heterocycles. The number of rotatable bonds is 5. The Morgan fingerprint density at radius 2 is 1.93 bits per heavy atom. The Bertz CT molecular complexity index is 1050. The number of nitrogens with one attached hydrogen (secondary N) is 1. The first-order valence-electron chi connectivity index (χ1n) is 9.84. The molecule has 2 aromatic rings. The zero-order valence-electron chi connectivity index (χ0n) is 16.6. The maximum atomic E-state index is 14.4. The molecule has 29 heavy (non-hydrogen) atoms. The highest BCUT2D eigenvalue weighted by Gasteiger charge is 2.47. The predicted octanol–water partition coefficient (Wildman–Crippen LogP) is 3.05. The first kappa shape index (κ1) is 20.0. The number of benzene rings is 2. The highest BCUT2D eigenvalue weighted by Crippen LogP contribution is 2.51. The number of likely N-dealkylation sites (tertiary alicyclic amines) is 1. The highest BCUT2D eigenvalue weighted by atomic mass is 32.2. The minimum Gasteiger partial charge on any atom is -0.341 e. The van der Waals surface area contributed by atoms with Gasteiger partial charge >= 0.3 is 0 Å². The van der Waals surface area contributed by atoms with E-state index >= 15 is 0 Å². The summed E-state index contributed by atoms with van der Waals surface area (Å²) < 4.78 is 39.9. The van der Waals surface area contributed by atoms with Crippen LogP contribution >= 0.6 is 0 Å². The Morgan fingerprint density at radius 1 is 1.17 bits per heavy atom. The standard InChI is InChI=1S/C22H25FN2O3S/c1-14-7-8-16(18(11-14)17-5-3-4-6-21(17)23)19-12-20(19)22(26)25-10-9-15(13-25)24-29(2,27)28/h3-8,11,15,19-20,24H,9-10,12-13H2,1-2H3/t15-,19+,20-/m1/s1. The monoisotopic (exact) mass is 416 g/mol.